The number of nitrogens with zero attached hydrogens (tertiary/aromatic N) is 3. The number of hydrogen-bond acceptors (Lipinski definition) is 4. The molecule has 88 valence electrons. The lowest BCUT2D eigenvalue weighted by molar-refractivity contribution is 0.581. The van der Waals surface area contributed by atoms with E-state index >= 15 is 0 Å². The highest BCUT2D eigenvalue weighted by Crippen LogP contribution is 2.30. The van der Waals surface area contributed by atoms with Gasteiger partial charge in [-0.05, 0) is 48.2 Å². The molecule has 0 amide bonds. The minimum atomic E-state index is 0.592. The van der Waals surface area contributed by atoms with Crippen LogP contribution < -0.4 is 10.6 Å². The molecule has 0 saturated carbocycles. The maximum absolute atomic E-state index is 5.57. The van der Waals surface area contributed by atoms with Crippen molar-refractivity contribution in [1.82, 2.24) is 9.97 Å². The Labute approximate surface area is 104 Å². The summed E-state index contributed by atoms with van der Waals surface area (Å²) in [4.78, 5) is 10.7. The van der Waals surface area contributed by atoms with Gasteiger partial charge in [-0.1, -0.05) is 0 Å². The van der Waals surface area contributed by atoms with E-state index in [-0.39, 0.29) is 0 Å². The second kappa shape index (κ2) is 5.59. The van der Waals surface area contributed by atoms with E-state index in [0.29, 0.717) is 6.04 Å². The Morgan fingerprint density at radius 3 is 3.19 bits per heavy atom. The molecule has 0 aromatic carbocycles. The van der Waals surface area contributed by atoms with E-state index in [2.05, 4.69) is 30.8 Å². The van der Waals surface area contributed by atoms with Crippen LogP contribution in [0.4, 0.5) is 5.82 Å². The molecular formula is C11H17BrN4. The van der Waals surface area contributed by atoms with Gasteiger partial charge in [0.2, 0.25) is 0 Å². The molecular weight excluding hydrogens is 268 g/mol. The predicted octanol–water partition coefficient (Wildman–Crippen LogP) is 1.95. The van der Waals surface area contributed by atoms with E-state index in [1.54, 1.807) is 12.5 Å². The Kier molecular flexibility index (Phi) is 4.12. The molecule has 5 heteroatoms. The van der Waals surface area contributed by atoms with Crippen LogP contribution in [0.1, 0.15) is 25.7 Å². The van der Waals surface area contributed by atoms with Gasteiger partial charge < -0.3 is 10.6 Å². The molecule has 1 unspecified atom stereocenters. The van der Waals surface area contributed by atoms with Crippen molar-refractivity contribution in [3.8, 4) is 0 Å². The van der Waals surface area contributed by atoms with Crippen molar-refractivity contribution >= 4 is 21.7 Å². The van der Waals surface area contributed by atoms with Crippen molar-refractivity contribution in [3.05, 3.63) is 17.0 Å². The number of anilines is 1. The van der Waals surface area contributed by atoms with Crippen molar-refractivity contribution in [2.75, 3.05) is 18.0 Å². The maximum Gasteiger partial charge on any atom is 0.146 e. The first-order valence-electron chi connectivity index (χ1n) is 5.75. The lowest BCUT2D eigenvalue weighted by atomic mass is 10.1. The Hall–Kier alpha value is -0.680. The van der Waals surface area contributed by atoms with Gasteiger partial charge in [-0.15, -0.1) is 0 Å². The summed E-state index contributed by atoms with van der Waals surface area (Å²) in [6.07, 6.45) is 8.15. The molecule has 1 aromatic rings. The Morgan fingerprint density at radius 2 is 2.44 bits per heavy atom. The van der Waals surface area contributed by atoms with Gasteiger partial charge in [0, 0.05) is 18.8 Å². The third kappa shape index (κ3) is 2.52. The first-order chi connectivity index (χ1) is 7.83. The zero-order valence-electron chi connectivity index (χ0n) is 9.27. The van der Waals surface area contributed by atoms with Crippen LogP contribution in [0.3, 0.4) is 0 Å². The smallest absolute Gasteiger partial charge is 0.146 e. The minimum absolute atomic E-state index is 0.592. The summed E-state index contributed by atoms with van der Waals surface area (Å²) in [5.41, 5.74) is 5.57. The largest absolute Gasteiger partial charge is 0.353 e. The quantitative estimate of drug-likeness (QED) is 0.918. The number of hydrogen-bond donors (Lipinski definition) is 1. The number of halogens is 1. The van der Waals surface area contributed by atoms with E-state index in [0.717, 1.165) is 36.2 Å². The van der Waals surface area contributed by atoms with Crippen LogP contribution in [0.15, 0.2) is 17.0 Å². The van der Waals surface area contributed by atoms with Crippen LogP contribution in [0, 0.1) is 0 Å². The van der Waals surface area contributed by atoms with Crippen molar-refractivity contribution in [1.29, 1.82) is 0 Å². The average molecular weight is 285 g/mol. The van der Waals surface area contributed by atoms with Gasteiger partial charge in [-0.2, -0.15) is 0 Å². The average Bonchev–Trinajstić information content (AvgIpc) is 2.75. The fraction of sp³-hybridized carbons (Fsp3) is 0.636. The first-order valence-corrected chi connectivity index (χ1v) is 6.54. The Balaban J connectivity index is 2.10. The highest BCUT2D eigenvalue weighted by molar-refractivity contribution is 9.10. The molecule has 2 rings (SSSR count). The van der Waals surface area contributed by atoms with Gasteiger partial charge in [-0.25, -0.2) is 9.97 Å². The molecule has 0 bridgehead atoms. The van der Waals surface area contributed by atoms with Crippen LogP contribution in [-0.4, -0.2) is 29.1 Å². The number of nitrogens with two attached hydrogens (primary N) is 1. The zero-order chi connectivity index (χ0) is 11.4. The third-order valence-corrected chi connectivity index (χ3v) is 3.60. The summed E-state index contributed by atoms with van der Waals surface area (Å²) >= 11 is 3.51. The zero-order valence-corrected chi connectivity index (χ0v) is 10.9. The summed E-state index contributed by atoms with van der Waals surface area (Å²) in [6.45, 7) is 1.86. The van der Waals surface area contributed by atoms with Crippen LogP contribution in [-0.2, 0) is 0 Å². The second-order valence-electron chi connectivity index (χ2n) is 4.11. The monoisotopic (exact) mass is 284 g/mol. The van der Waals surface area contributed by atoms with Gasteiger partial charge in [0.15, 0.2) is 0 Å². The molecule has 1 saturated heterocycles. The lowest BCUT2D eigenvalue weighted by Gasteiger charge is -2.26. The predicted molar refractivity (Wildman–Crippen MR) is 68.4 cm³/mol. The van der Waals surface area contributed by atoms with E-state index in [4.69, 9.17) is 5.73 Å². The van der Waals surface area contributed by atoms with E-state index in [9.17, 15) is 0 Å². The summed E-state index contributed by atoms with van der Waals surface area (Å²) in [7, 11) is 0. The normalized spacial score (nSPS) is 20.4. The van der Waals surface area contributed by atoms with Crippen molar-refractivity contribution in [2.24, 2.45) is 5.73 Å². The Morgan fingerprint density at radius 1 is 1.56 bits per heavy atom. The van der Waals surface area contributed by atoms with Crippen LogP contribution in [0.5, 0.6) is 0 Å². The third-order valence-electron chi connectivity index (χ3n) is 3.04. The standard InChI is InChI=1S/C11H17BrN4/c12-10-7-14-8-15-11(10)16-6-2-4-9(16)3-1-5-13/h7-9H,1-6,13H2. The second-order valence-corrected chi connectivity index (χ2v) is 4.97. The molecule has 1 aromatic heterocycles. The van der Waals surface area contributed by atoms with Gasteiger partial charge in [0.25, 0.3) is 0 Å². The molecule has 2 heterocycles. The van der Waals surface area contributed by atoms with E-state index < -0.39 is 0 Å². The molecule has 1 aliphatic rings. The van der Waals surface area contributed by atoms with Crippen molar-refractivity contribution in [2.45, 2.75) is 31.7 Å². The fourth-order valence-electron chi connectivity index (χ4n) is 2.29. The molecule has 1 aliphatic heterocycles. The van der Waals surface area contributed by atoms with Gasteiger partial charge >= 0.3 is 0 Å². The maximum atomic E-state index is 5.57. The number of rotatable bonds is 4. The van der Waals surface area contributed by atoms with Gasteiger partial charge in [0.1, 0.15) is 12.1 Å². The van der Waals surface area contributed by atoms with Crippen molar-refractivity contribution in [3.63, 3.8) is 0 Å². The molecule has 1 fully saturated rings. The van der Waals surface area contributed by atoms with Crippen LogP contribution >= 0.6 is 15.9 Å². The molecule has 0 radical (unpaired) electrons. The summed E-state index contributed by atoms with van der Waals surface area (Å²) < 4.78 is 0.981. The minimum Gasteiger partial charge on any atom is -0.353 e. The van der Waals surface area contributed by atoms with Crippen LogP contribution in [0.25, 0.3) is 0 Å². The topological polar surface area (TPSA) is 55.0 Å². The molecule has 4 nitrogen and oxygen atoms in total. The SMILES string of the molecule is NCCCC1CCCN1c1ncncc1Br. The summed E-state index contributed by atoms with van der Waals surface area (Å²) in [5, 5.41) is 0. The summed E-state index contributed by atoms with van der Waals surface area (Å²) in [5.74, 6) is 1.02. The first kappa shape index (κ1) is 11.8. The summed E-state index contributed by atoms with van der Waals surface area (Å²) in [6, 6.07) is 0.592. The molecule has 1 atom stereocenters. The molecule has 2 N–H and O–H groups in total. The van der Waals surface area contributed by atoms with E-state index in [1.807, 2.05) is 0 Å². The number of aromatic nitrogens is 2. The Bertz CT molecular complexity index is 345. The molecule has 0 aliphatic carbocycles. The lowest BCUT2D eigenvalue weighted by Crippen LogP contribution is -2.30. The van der Waals surface area contributed by atoms with Gasteiger partial charge in [-0.3, -0.25) is 0 Å². The van der Waals surface area contributed by atoms with E-state index in [1.165, 1.54) is 12.8 Å². The van der Waals surface area contributed by atoms with Gasteiger partial charge in [0.05, 0.1) is 4.47 Å². The van der Waals surface area contributed by atoms with Crippen molar-refractivity contribution < 1.29 is 0 Å². The fourth-order valence-corrected chi connectivity index (χ4v) is 2.73. The molecule has 0 spiro atoms. The van der Waals surface area contributed by atoms with Crippen LogP contribution in [0.2, 0.25) is 0 Å². The highest BCUT2D eigenvalue weighted by Gasteiger charge is 2.26. The highest BCUT2D eigenvalue weighted by atomic mass is 79.9. The molecule has 16 heavy (non-hydrogen) atoms.